The Morgan fingerprint density at radius 1 is 0.750 bits per heavy atom. The van der Waals surface area contributed by atoms with Crippen LogP contribution >= 0.6 is 0 Å². The number of nitrogens with two attached hydrogens (primary N) is 2. The molecule has 2 aromatic heterocycles. The molecule has 2 heterocycles. The Bertz CT molecular complexity index is 886. The summed E-state index contributed by atoms with van der Waals surface area (Å²) in [4.78, 5) is 0. The minimum absolute atomic E-state index is 0.521. The molecule has 6 N–H and O–H groups in total. The van der Waals surface area contributed by atoms with Gasteiger partial charge in [-0.15, -0.1) is 20.4 Å². The van der Waals surface area contributed by atoms with Crippen molar-refractivity contribution in [1.82, 2.24) is 41.2 Å². The normalized spacial score (nSPS) is 10.0. The summed E-state index contributed by atoms with van der Waals surface area (Å²) in [6.45, 7) is 0. The molecule has 0 aliphatic heterocycles. The number of anilines is 2. The van der Waals surface area contributed by atoms with Crippen molar-refractivity contribution in [3.8, 4) is 22.8 Å². The number of rotatable bonds is 2. The van der Waals surface area contributed by atoms with Gasteiger partial charge in [0.2, 0.25) is 11.6 Å². The maximum absolute atomic E-state index is 5.69. The molecular weight excluding hydrogens is 308 g/mol. The smallest absolute Gasteiger partial charge is 0.206 e. The third-order valence-corrected chi connectivity index (χ3v) is 3.04. The van der Waals surface area contributed by atoms with Gasteiger partial charge in [0.15, 0.2) is 0 Å². The number of tetrazole rings is 2. The van der Waals surface area contributed by atoms with Crippen molar-refractivity contribution < 1.29 is 0 Å². The van der Waals surface area contributed by atoms with Crippen LogP contribution in [-0.2, 0) is 0 Å². The second-order valence-corrected chi connectivity index (χ2v) is 4.68. The molecule has 0 saturated carbocycles. The average Bonchev–Trinajstić information content (AvgIpc) is 3.30. The van der Waals surface area contributed by atoms with Crippen molar-refractivity contribution in [3.05, 3.63) is 48.5 Å². The lowest BCUT2D eigenvalue weighted by atomic mass is 10.2. The van der Waals surface area contributed by atoms with Crippen molar-refractivity contribution >= 4 is 11.4 Å². The van der Waals surface area contributed by atoms with Gasteiger partial charge in [-0.1, -0.05) is 24.3 Å². The first kappa shape index (κ1) is 15.1. The highest BCUT2D eigenvalue weighted by Gasteiger charge is 2.04. The fourth-order valence-electron chi connectivity index (χ4n) is 1.94. The lowest BCUT2D eigenvalue weighted by molar-refractivity contribution is 0.881. The highest BCUT2D eigenvalue weighted by molar-refractivity contribution is 5.70. The van der Waals surface area contributed by atoms with Gasteiger partial charge in [0.1, 0.15) is 0 Å². The molecule has 24 heavy (non-hydrogen) atoms. The Hall–Kier alpha value is -3.82. The zero-order valence-corrected chi connectivity index (χ0v) is 12.5. The molecule has 0 fully saturated rings. The highest BCUT2D eigenvalue weighted by Crippen LogP contribution is 2.20. The van der Waals surface area contributed by atoms with Crippen molar-refractivity contribution in [2.75, 3.05) is 11.5 Å². The first-order valence-electron chi connectivity index (χ1n) is 6.91. The Labute approximate surface area is 136 Å². The van der Waals surface area contributed by atoms with Crippen LogP contribution in [0.2, 0.25) is 0 Å². The van der Waals surface area contributed by atoms with Gasteiger partial charge in [0.25, 0.3) is 0 Å². The molecule has 0 bridgehead atoms. The number of aromatic amines is 2. The number of para-hydroxylation sites is 1. The molecule has 0 aliphatic rings. The molecule has 0 spiro atoms. The largest absolute Gasteiger partial charge is 0.399 e. The summed E-state index contributed by atoms with van der Waals surface area (Å²) in [7, 11) is 0. The fraction of sp³-hybridized carbons (Fsp3) is 0. The Morgan fingerprint density at radius 3 is 2.08 bits per heavy atom. The predicted molar refractivity (Wildman–Crippen MR) is 88.1 cm³/mol. The summed E-state index contributed by atoms with van der Waals surface area (Å²) >= 11 is 0. The number of benzene rings is 2. The third kappa shape index (κ3) is 3.50. The van der Waals surface area contributed by atoms with Crippen molar-refractivity contribution in [1.29, 1.82) is 0 Å². The van der Waals surface area contributed by atoms with Gasteiger partial charge >= 0.3 is 0 Å². The Balaban J connectivity index is 0.000000141. The van der Waals surface area contributed by atoms with E-state index in [9.17, 15) is 0 Å². The molecule has 0 unspecified atom stereocenters. The predicted octanol–water partition coefficient (Wildman–Crippen LogP) is 0.898. The van der Waals surface area contributed by atoms with E-state index in [4.69, 9.17) is 11.5 Å². The third-order valence-electron chi connectivity index (χ3n) is 3.04. The average molecular weight is 322 g/mol. The first-order chi connectivity index (χ1) is 11.7. The maximum atomic E-state index is 5.69. The van der Waals surface area contributed by atoms with Crippen molar-refractivity contribution in [2.24, 2.45) is 0 Å². The van der Waals surface area contributed by atoms with Crippen LogP contribution in [0.5, 0.6) is 0 Å². The fourth-order valence-corrected chi connectivity index (χ4v) is 1.94. The Morgan fingerprint density at radius 2 is 1.46 bits per heavy atom. The molecule has 2 aromatic carbocycles. The van der Waals surface area contributed by atoms with Crippen LogP contribution in [0.15, 0.2) is 48.5 Å². The van der Waals surface area contributed by atoms with E-state index in [-0.39, 0.29) is 0 Å². The van der Waals surface area contributed by atoms with Gasteiger partial charge in [-0.05, 0) is 34.7 Å². The molecule has 4 aromatic rings. The van der Waals surface area contributed by atoms with Crippen LogP contribution < -0.4 is 11.5 Å². The standard InChI is InChI=1S/2C7H7N5/c8-6-3-1-2-5(4-6)7-9-11-12-10-7;8-6-4-2-1-3-5(6)7-9-11-12-10-7/h2*1-4H,8H2,(H,9,10,11,12). The molecule has 0 atom stereocenters. The number of nitrogens with one attached hydrogen (secondary N) is 2. The zero-order valence-electron chi connectivity index (χ0n) is 12.5. The molecule has 0 aliphatic carbocycles. The molecule has 4 rings (SSSR count). The van der Waals surface area contributed by atoms with Gasteiger partial charge in [0.05, 0.1) is 0 Å². The van der Waals surface area contributed by atoms with Gasteiger partial charge in [-0.2, -0.15) is 10.4 Å². The second kappa shape index (κ2) is 6.96. The topological polar surface area (TPSA) is 161 Å². The summed E-state index contributed by atoms with van der Waals surface area (Å²) in [5, 5.41) is 26.9. The summed E-state index contributed by atoms with van der Waals surface area (Å²) < 4.78 is 0. The summed E-state index contributed by atoms with van der Waals surface area (Å²) in [6, 6.07) is 14.7. The Kier molecular flexibility index (Phi) is 4.38. The monoisotopic (exact) mass is 322 g/mol. The number of hydrogen-bond donors (Lipinski definition) is 4. The van der Waals surface area contributed by atoms with Gasteiger partial charge in [-0.3, -0.25) is 0 Å². The number of H-pyrrole nitrogens is 2. The number of hydrogen-bond acceptors (Lipinski definition) is 8. The molecule has 0 amide bonds. The lowest BCUT2D eigenvalue weighted by Crippen LogP contribution is -1.90. The quantitative estimate of drug-likeness (QED) is 0.396. The van der Waals surface area contributed by atoms with E-state index in [2.05, 4.69) is 41.2 Å². The van der Waals surface area contributed by atoms with E-state index in [1.54, 1.807) is 12.1 Å². The SMILES string of the molecule is Nc1cccc(-c2nn[nH]n2)c1.Nc1ccccc1-c1nn[nH]n1. The van der Waals surface area contributed by atoms with Crippen LogP contribution in [0.3, 0.4) is 0 Å². The van der Waals surface area contributed by atoms with E-state index >= 15 is 0 Å². The minimum Gasteiger partial charge on any atom is -0.399 e. The molecule has 10 heteroatoms. The van der Waals surface area contributed by atoms with E-state index in [1.165, 1.54) is 0 Å². The second-order valence-electron chi connectivity index (χ2n) is 4.68. The highest BCUT2D eigenvalue weighted by atomic mass is 15.5. The maximum Gasteiger partial charge on any atom is 0.206 e. The van der Waals surface area contributed by atoms with E-state index in [0.29, 0.717) is 23.0 Å². The summed E-state index contributed by atoms with van der Waals surface area (Å²) in [5.74, 6) is 1.08. The summed E-state index contributed by atoms with van der Waals surface area (Å²) in [5.41, 5.74) is 14.3. The van der Waals surface area contributed by atoms with Crippen molar-refractivity contribution in [3.63, 3.8) is 0 Å². The lowest BCUT2D eigenvalue weighted by Gasteiger charge is -1.97. The molecule has 0 saturated heterocycles. The van der Waals surface area contributed by atoms with Gasteiger partial charge in [-0.25, -0.2) is 0 Å². The van der Waals surface area contributed by atoms with Crippen LogP contribution in [0.4, 0.5) is 11.4 Å². The van der Waals surface area contributed by atoms with Gasteiger partial charge < -0.3 is 11.5 Å². The minimum atomic E-state index is 0.521. The van der Waals surface area contributed by atoms with Crippen LogP contribution in [0.1, 0.15) is 0 Å². The van der Waals surface area contributed by atoms with Crippen LogP contribution in [0, 0.1) is 0 Å². The number of nitrogen functional groups attached to an aromatic ring is 2. The van der Waals surface area contributed by atoms with E-state index in [1.807, 2.05) is 36.4 Å². The number of aromatic nitrogens is 8. The van der Waals surface area contributed by atoms with Crippen molar-refractivity contribution in [2.45, 2.75) is 0 Å². The van der Waals surface area contributed by atoms with Crippen LogP contribution in [0.25, 0.3) is 22.8 Å². The van der Waals surface area contributed by atoms with E-state index < -0.39 is 0 Å². The number of nitrogens with zero attached hydrogens (tertiary/aromatic N) is 6. The molecule has 0 radical (unpaired) electrons. The molecular formula is C14H14N10. The van der Waals surface area contributed by atoms with Gasteiger partial charge in [0, 0.05) is 22.5 Å². The summed E-state index contributed by atoms with van der Waals surface area (Å²) in [6.07, 6.45) is 0. The first-order valence-corrected chi connectivity index (χ1v) is 6.91. The van der Waals surface area contributed by atoms with Crippen LogP contribution in [-0.4, -0.2) is 41.2 Å². The molecule has 10 nitrogen and oxygen atoms in total. The zero-order chi connectivity index (χ0) is 16.8. The molecule has 120 valence electrons. The van der Waals surface area contributed by atoms with E-state index in [0.717, 1.165) is 11.1 Å².